The lowest BCUT2D eigenvalue weighted by atomic mass is 9.97. The number of amides is 1. The Balaban J connectivity index is 2.12. The maximum atomic E-state index is 13.8. The largest absolute Gasteiger partial charge is 0.334 e. The van der Waals surface area contributed by atoms with Gasteiger partial charge in [-0.3, -0.25) is 4.79 Å². The zero-order chi connectivity index (χ0) is 21.8. The van der Waals surface area contributed by atoms with Crippen molar-refractivity contribution in [1.82, 2.24) is 4.90 Å². The fraction of sp³-hybridized carbons (Fsp3) is 0.423. The van der Waals surface area contributed by atoms with Crippen LogP contribution < -0.4 is 0 Å². The normalized spacial score (nSPS) is 14.5. The molecule has 3 heteroatoms. The molecule has 0 heterocycles. The van der Waals surface area contributed by atoms with Gasteiger partial charge < -0.3 is 4.90 Å². The third-order valence-corrected chi connectivity index (χ3v) is 5.87. The number of allylic oxidation sites excluding steroid dienone is 6. The van der Waals surface area contributed by atoms with Crippen molar-refractivity contribution in [2.24, 2.45) is 0 Å². The molecule has 2 nitrogen and oxygen atoms in total. The summed E-state index contributed by atoms with van der Waals surface area (Å²) in [4.78, 5) is 15.2. The summed E-state index contributed by atoms with van der Waals surface area (Å²) in [6.45, 7) is 17.1. The van der Waals surface area contributed by atoms with Gasteiger partial charge in [-0.05, 0) is 80.5 Å². The van der Waals surface area contributed by atoms with E-state index in [1.54, 1.807) is 13.0 Å². The van der Waals surface area contributed by atoms with Crippen LogP contribution in [0.1, 0.15) is 65.0 Å². The molecule has 0 fully saturated rings. The van der Waals surface area contributed by atoms with Gasteiger partial charge in [0.05, 0.1) is 0 Å². The standard InChI is InChI=1S/C26H34FNO/c1-8-14-28(26(6,7)9-2)25(29)23-15-20(5)21(16-23)12-10-18(3)22-13-11-19(4)24(27)17-22/h10-13,15,17H,3,8-9,14,16H2,1-2,4-7H3/b12-10-. The first-order valence-electron chi connectivity index (χ1n) is 10.5. The monoisotopic (exact) mass is 395 g/mol. The molecule has 1 amide bonds. The second-order valence-electron chi connectivity index (χ2n) is 8.50. The van der Waals surface area contributed by atoms with Crippen molar-refractivity contribution < 1.29 is 9.18 Å². The molecule has 2 rings (SSSR count). The van der Waals surface area contributed by atoms with Gasteiger partial charge in [-0.15, -0.1) is 0 Å². The molecule has 0 spiro atoms. The van der Waals surface area contributed by atoms with Gasteiger partial charge in [-0.25, -0.2) is 4.39 Å². The second-order valence-corrected chi connectivity index (χ2v) is 8.50. The Morgan fingerprint density at radius 1 is 1.28 bits per heavy atom. The van der Waals surface area contributed by atoms with Crippen LogP contribution in [0.15, 0.2) is 59.7 Å². The minimum atomic E-state index is -0.225. The van der Waals surface area contributed by atoms with Gasteiger partial charge in [-0.1, -0.05) is 44.7 Å². The third kappa shape index (κ3) is 5.35. The van der Waals surface area contributed by atoms with Gasteiger partial charge in [0.25, 0.3) is 5.91 Å². The van der Waals surface area contributed by atoms with E-state index >= 15 is 0 Å². The first-order valence-corrected chi connectivity index (χ1v) is 10.5. The molecule has 0 aromatic heterocycles. The van der Waals surface area contributed by atoms with Gasteiger partial charge >= 0.3 is 0 Å². The van der Waals surface area contributed by atoms with Crippen molar-refractivity contribution in [3.05, 3.63) is 76.7 Å². The summed E-state index contributed by atoms with van der Waals surface area (Å²) >= 11 is 0. The molecule has 0 unspecified atom stereocenters. The Hall–Kier alpha value is -2.42. The second kappa shape index (κ2) is 9.39. The molecular formula is C26H34FNO. The number of rotatable bonds is 8. The van der Waals surface area contributed by atoms with Crippen LogP contribution in [0.4, 0.5) is 4.39 Å². The average molecular weight is 396 g/mol. The number of halogens is 1. The molecule has 1 aromatic carbocycles. The molecule has 0 saturated carbocycles. The average Bonchev–Trinajstić information content (AvgIpc) is 3.06. The Bertz CT molecular complexity index is 886. The van der Waals surface area contributed by atoms with Crippen molar-refractivity contribution in [2.45, 2.75) is 66.3 Å². The van der Waals surface area contributed by atoms with E-state index in [0.717, 1.165) is 47.2 Å². The Kier molecular flexibility index (Phi) is 7.40. The number of benzene rings is 1. The number of carbonyl (C=O) groups excluding carboxylic acids is 1. The molecule has 156 valence electrons. The molecule has 29 heavy (non-hydrogen) atoms. The van der Waals surface area contributed by atoms with Gasteiger partial charge in [0.1, 0.15) is 5.82 Å². The quantitative estimate of drug-likeness (QED) is 0.444. The highest BCUT2D eigenvalue weighted by Crippen LogP contribution is 2.31. The number of carbonyl (C=O) groups is 1. The van der Waals surface area contributed by atoms with Gasteiger partial charge in [0.15, 0.2) is 0 Å². The van der Waals surface area contributed by atoms with Gasteiger partial charge in [-0.2, -0.15) is 0 Å². The fourth-order valence-corrected chi connectivity index (χ4v) is 3.43. The van der Waals surface area contributed by atoms with E-state index < -0.39 is 0 Å². The fourth-order valence-electron chi connectivity index (χ4n) is 3.43. The van der Waals surface area contributed by atoms with Crippen LogP contribution in [0.2, 0.25) is 0 Å². The minimum Gasteiger partial charge on any atom is -0.334 e. The lowest BCUT2D eigenvalue weighted by Gasteiger charge is -2.38. The summed E-state index contributed by atoms with van der Waals surface area (Å²) in [7, 11) is 0. The number of nitrogens with zero attached hydrogens (tertiary/aromatic N) is 1. The van der Waals surface area contributed by atoms with Crippen LogP contribution in [0.25, 0.3) is 5.57 Å². The van der Waals surface area contributed by atoms with Gasteiger partial charge in [0, 0.05) is 24.1 Å². The van der Waals surface area contributed by atoms with Crippen LogP contribution in [-0.4, -0.2) is 22.9 Å². The number of hydrogen-bond acceptors (Lipinski definition) is 1. The summed E-state index contributed by atoms with van der Waals surface area (Å²) in [5, 5.41) is 0. The molecule has 0 bridgehead atoms. The van der Waals surface area contributed by atoms with E-state index in [4.69, 9.17) is 0 Å². The summed E-state index contributed by atoms with van der Waals surface area (Å²) in [6.07, 6.45) is 8.39. The van der Waals surface area contributed by atoms with Crippen molar-refractivity contribution in [3.8, 4) is 0 Å². The molecule has 1 aliphatic carbocycles. The Labute approximate surface area is 175 Å². The van der Waals surface area contributed by atoms with Crippen molar-refractivity contribution in [2.75, 3.05) is 6.54 Å². The van der Waals surface area contributed by atoms with E-state index in [1.165, 1.54) is 6.07 Å². The minimum absolute atomic E-state index is 0.126. The third-order valence-electron chi connectivity index (χ3n) is 5.87. The van der Waals surface area contributed by atoms with Crippen molar-refractivity contribution in [3.63, 3.8) is 0 Å². The number of aryl methyl sites for hydroxylation is 1. The van der Waals surface area contributed by atoms with Crippen LogP contribution >= 0.6 is 0 Å². The Morgan fingerprint density at radius 2 is 1.97 bits per heavy atom. The topological polar surface area (TPSA) is 20.3 Å². The van der Waals surface area contributed by atoms with E-state index in [0.29, 0.717) is 12.0 Å². The smallest absolute Gasteiger partial charge is 0.250 e. The summed E-state index contributed by atoms with van der Waals surface area (Å²) in [6, 6.07) is 5.16. The zero-order valence-electron chi connectivity index (χ0n) is 18.7. The molecule has 0 saturated heterocycles. The molecule has 0 N–H and O–H groups in total. The lowest BCUT2D eigenvalue weighted by Crippen LogP contribution is -2.48. The molecule has 1 aliphatic rings. The molecule has 1 aromatic rings. The lowest BCUT2D eigenvalue weighted by molar-refractivity contribution is -0.132. The van der Waals surface area contributed by atoms with Crippen LogP contribution in [0.5, 0.6) is 0 Å². The summed E-state index contributed by atoms with van der Waals surface area (Å²) in [5.41, 5.74) is 5.02. The first kappa shape index (κ1) is 22.9. The zero-order valence-corrected chi connectivity index (χ0v) is 18.7. The number of hydrogen-bond donors (Lipinski definition) is 0. The van der Waals surface area contributed by atoms with E-state index in [9.17, 15) is 9.18 Å². The van der Waals surface area contributed by atoms with Crippen molar-refractivity contribution >= 4 is 11.5 Å². The van der Waals surface area contributed by atoms with E-state index in [1.807, 2.05) is 36.1 Å². The highest BCUT2D eigenvalue weighted by atomic mass is 19.1. The highest BCUT2D eigenvalue weighted by molar-refractivity contribution is 5.96. The molecular weight excluding hydrogens is 361 g/mol. The predicted octanol–water partition coefficient (Wildman–Crippen LogP) is 6.78. The molecule has 0 radical (unpaired) electrons. The molecule has 0 aliphatic heterocycles. The summed E-state index contributed by atoms with van der Waals surface area (Å²) < 4.78 is 13.8. The van der Waals surface area contributed by atoms with E-state index in [-0.39, 0.29) is 17.3 Å². The van der Waals surface area contributed by atoms with Crippen molar-refractivity contribution in [1.29, 1.82) is 0 Å². The highest BCUT2D eigenvalue weighted by Gasteiger charge is 2.31. The first-order chi connectivity index (χ1) is 13.6. The van der Waals surface area contributed by atoms with Crippen LogP contribution in [0.3, 0.4) is 0 Å². The predicted molar refractivity (Wildman–Crippen MR) is 121 cm³/mol. The maximum absolute atomic E-state index is 13.8. The van der Waals surface area contributed by atoms with Gasteiger partial charge in [0.2, 0.25) is 0 Å². The maximum Gasteiger partial charge on any atom is 0.250 e. The van der Waals surface area contributed by atoms with Crippen LogP contribution in [0, 0.1) is 12.7 Å². The van der Waals surface area contributed by atoms with E-state index in [2.05, 4.69) is 34.3 Å². The summed E-state index contributed by atoms with van der Waals surface area (Å²) in [5.74, 6) is -0.0988. The Morgan fingerprint density at radius 3 is 2.55 bits per heavy atom. The molecule has 0 atom stereocenters. The SMILES string of the molecule is C=C(/C=C\C1=C(C)C=C(C(=O)N(CCC)C(C)(C)CC)C1)c1ccc(C)c(F)c1. The van der Waals surface area contributed by atoms with Crippen LogP contribution in [-0.2, 0) is 4.79 Å².